The minimum absolute atomic E-state index is 0.323. The first kappa shape index (κ1) is 15.9. The van der Waals surface area contributed by atoms with E-state index in [1.54, 1.807) is 12.1 Å². The van der Waals surface area contributed by atoms with Gasteiger partial charge in [-0.1, -0.05) is 17.7 Å². The molecule has 0 spiro atoms. The lowest BCUT2D eigenvalue weighted by atomic mass is 10.1. The molecule has 0 aromatic heterocycles. The Morgan fingerprint density at radius 2 is 2.10 bits per heavy atom. The largest absolute Gasteiger partial charge is 0.465 e. The van der Waals surface area contributed by atoms with Crippen LogP contribution in [0.1, 0.15) is 16.8 Å². The van der Waals surface area contributed by atoms with Crippen LogP contribution in [0.2, 0.25) is 5.02 Å². The quantitative estimate of drug-likeness (QED) is 0.618. The zero-order chi connectivity index (χ0) is 15.2. The molecule has 0 radical (unpaired) electrons. The first-order valence-electron chi connectivity index (χ1n) is 7.11. The number of hydrogen-bond acceptors (Lipinski definition) is 4. The summed E-state index contributed by atoms with van der Waals surface area (Å²) >= 11 is 6.08. The molecule has 0 N–H and O–H groups in total. The highest BCUT2D eigenvalue weighted by atomic mass is 35.5. The minimum Gasteiger partial charge on any atom is -0.465 e. The number of benzene rings is 1. The van der Waals surface area contributed by atoms with E-state index in [1.165, 1.54) is 7.11 Å². The van der Waals surface area contributed by atoms with Gasteiger partial charge in [0, 0.05) is 37.7 Å². The van der Waals surface area contributed by atoms with Crippen LogP contribution in [0, 0.1) is 0 Å². The molecule has 1 fully saturated rings. The topological polar surface area (TPSA) is 32.8 Å². The summed E-state index contributed by atoms with van der Waals surface area (Å²) in [6.45, 7) is 8.49. The molecule has 0 bridgehead atoms. The van der Waals surface area contributed by atoms with Crippen LogP contribution >= 0.6 is 11.6 Å². The maximum Gasteiger partial charge on any atom is 0.339 e. The van der Waals surface area contributed by atoms with Crippen molar-refractivity contribution in [1.82, 2.24) is 4.90 Å². The Balaban J connectivity index is 2.10. The van der Waals surface area contributed by atoms with Gasteiger partial charge < -0.3 is 9.64 Å². The molecular formula is C16H21ClN2O2. The smallest absolute Gasteiger partial charge is 0.339 e. The summed E-state index contributed by atoms with van der Waals surface area (Å²) in [5, 5.41) is 0.631. The number of esters is 1. The van der Waals surface area contributed by atoms with Gasteiger partial charge in [-0.15, -0.1) is 6.58 Å². The Hall–Kier alpha value is -1.52. The fourth-order valence-corrected chi connectivity index (χ4v) is 2.70. The van der Waals surface area contributed by atoms with Crippen molar-refractivity contribution >= 4 is 23.3 Å². The molecule has 21 heavy (non-hydrogen) atoms. The highest BCUT2D eigenvalue weighted by molar-refractivity contribution is 6.31. The van der Waals surface area contributed by atoms with E-state index in [0.717, 1.165) is 44.8 Å². The number of methoxy groups -OCH3 is 1. The molecule has 1 aromatic rings. The number of rotatable bonds is 5. The first-order valence-corrected chi connectivity index (χ1v) is 7.49. The third-order valence-electron chi connectivity index (χ3n) is 3.73. The lowest BCUT2D eigenvalue weighted by Crippen LogP contribution is -2.47. The molecule has 114 valence electrons. The predicted octanol–water partition coefficient (Wildman–Crippen LogP) is 2.82. The van der Waals surface area contributed by atoms with Crippen LogP contribution in [0.25, 0.3) is 0 Å². The van der Waals surface area contributed by atoms with E-state index in [4.69, 9.17) is 16.3 Å². The molecule has 1 heterocycles. The normalized spacial score (nSPS) is 15.8. The van der Waals surface area contributed by atoms with Crippen LogP contribution < -0.4 is 4.90 Å². The SMILES string of the molecule is C=CCCN1CCN(c2cc(Cl)ccc2C(=O)OC)CC1. The molecule has 0 amide bonds. The number of carbonyl (C=O) groups is 1. The molecule has 2 rings (SSSR count). The van der Waals surface area contributed by atoms with E-state index < -0.39 is 0 Å². The van der Waals surface area contributed by atoms with Crippen molar-refractivity contribution in [2.75, 3.05) is 44.7 Å². The molecule has 0 unspecified atom stereocenters. The van der Waals surface area contributed by atoms with Crippen LogP contribution in [0.5, 0.6) is 0 Å². The summed E-state index contributed by atoms with van der Waals surface area (Å²) in [6.07, 6.45) is 2.95. The van der Waals surface area contributed by atoms with Gasteiger partial charge in [0.2, 0.25) is 0 Å². The molecule has 1 aromatic carbocycles. The fraction of sp³-hybridized carbons (Fsp3) is 0.438. The maximum absolute atomic E-state index is 11.9. The summed E-state index contributed by atoms with van der Waals surface area (Å²) in [4.78, 5) is 16.5. The number of piperazine rings is 1. The lowest BCUT2D eigenvalue weighted by Gasteiger charge is -2.36. The summed E-state index contributed by atoms with van der Waals surface area (Å²) in [7, 11) is 1.40. The van der Waals surface area contributed by atoms with E-state index >= 15 is 0 Å². The van der Waals surface area contributed by atoms with Crippen LogP contribution in [-0.2, 0) is 4.74 Å². The fourth-order valence-electron chi connectivity index (χ4n) is 2.54. The van der Waals surface area contributed by atoms with Crippen molar-refractivity contribution in [3.63, 3.8) is 0 Å². The van der Waals surface area contributed by atoms with Gasteiger partial charge in [-0.2, -0.15) is 0 Å². The van der Waals surface area contributed by atoms with Gasteiger partial charge >= 0.3 is 5.97 Å². The van der Waals surface area contributed by atoms with E-state index in [-0.39, 0.29) is 5.97 Å². The van der Waals surface area contributed by atoms with Crippen LogP contribution in [-0.4, -0.2) is 50.7 Å². The monoisotopic (exact) mass is 308 g/mol. The Bertz CT molecular complexity index is 511. The van der Waals surface area contributed by atoms with Gasteiger partial charge in [0.25, 0.3) is 0 Å². The van der Waals surface area contributed by atoms with Crippen molar-refractivity contribution in [3.05, 3.63) is 41.4 Å². The Morgan fingerprint density at radius 3 is 2.71 bits per heavy atom. The zero-order valence-electron chi connectivity index (χ0n) is 12.3. The number of nitrogens with zero attached hydrogens (tertiary/aromatic N) is 2. The molecule has 1 aliphatic rings. The standard InChI is InChI=1S/C16H21ClN2O2/c1-3-4-7-18-8-10-19(11-9-18)15-12-13(17)5-6-14(15)16(20)21-2/h3,5-6,12H,1,4,7-11H2,2H3. The van der Waals surface area contributed by atoms with E-state index in [9.17, 15) is 4.79 Å². The molecule has 0 saturated carbocycles. The highest BCUT2D eigenvalue weighted by Gasteiger charge is 2.21. The average Bonchev–Trinajstić information content (AvgIpc) is 2.52. The maximum atomic E-state index is 11.9. The third kappa shape index (κ3) is 3.99. The number of ether oxygens (including phenoxy) is 1. The van der Waals surface area contributed by atoms with Crippen molar-refractivity contribution in [1.29, 1.82) is 0 Å². The van der Waals surface area contributed by atoms with Gasteiger partial charge in [0.1, 0.15) is 0 Å². The van der Waals surface area contributed by atoms with Crippen LogP contribution in [0.3, 0.4) is 0 Å². The summed E-state index contributed by atoms with van der Waals surface area (Å²) in [5.41, 5.74) is 1.43. The Morgan fingerprint density at radius 1 is 1.38 bits per heavy atom. The van der Waals surface area contributed by atoms with E-state index in [1.807, 2.05) is 12.1 Å². The van der Waals surface area contributed by atoms with E-state index in [2.05, 4.69) is 16.4 Å². The molecule has 0 atom stereocenters. The predicted molar refractivity (Wildman–Crippen MR) is 86.3 cm³/mol. The van der Waals surface area contributed by atoms with Crippen molar-refractivity contribution in [2.45, 2.75) is 6.42 Å². The van der Waals surface area contributed by atoms with Crippen LogP contribution in [0.4, 0.5) is 5.69 Å². The average molecular weight is 309 g/mol. The number of halogens is 1. The van der Waals surface area contributed by atoms with E-state index in [0.29, 0.717) is 10.6 Å². The minimum atomic E-state index is -0.323. The Labute approximate surface area is 130 Å². The molecule has 4 nitrogen and oxygen atoms in total. The van der Waals surface area contributed by atoms with Crippen molar-refractivity contribution < 1.29 is 9.53 Å². The number of carbonyl (C=O) groups excluding carboxylic acids is 1. The molecule has 1 saturated heterocycles. The second-order valence-electron chi connectivity index (χ2n) is 5.06. The van der Waals surface area contributed by atoms with Gasteiger partial charge in [-0.05, 0) is 24.6 Å². The van der Waals surface area contributed by atoms with Gasteiger partial charge in [0.15, 0.2) is 0 Å². The second kappa shape index (κ2) is 7.48. The van der Waals surface area contributed by atoms with Crippen molar-refractivity contribution in [2.24, 2.45) is 0 Å². The molecular weight excluding hydrogens is 288 g/mol. The Kier molecular flexibility index (Phi) is 5.65. The van der Waals surface area contributed by atoms with Gasteiger partial charge in [-0.3, -0.25) is 4.90 Å². The zero-order valence-corrected chi connectivity index (χ0v) is 13.1. The first-order chi connectivity index (χ1) is 10.2. The molecule has 5 heteroatoms. The highest BCUT2D eigenvalue weighted by Crippen LogP contribution is 2.26. The number of anilines is 1. The summed E-state index contributed by atoms with van der Waals surface area (Å²) in [5.74, 6) is -0.323. The second-order valence-corrected chi connectivity index (χ2v) is 5.50. The molecule has 0 aliphatic carbocycles. The summed E-state index contributed by atoms with van der Waals surface area (Å²) < 4.78 is 4.85. The van der Waals surface area contributed by atoms with Crippen LogP contribution in [0.15, 0.2) is 30.9 Å². The summed E-state index contributed by atoms with van der Waals surface area (Å²) in [6, 6.07) is 5.29. The lowest BCUT2D eigenvalue weighted by molar-refractivity contribution is 0.0601. The molecule has 1 aliphatic heterocycles. The number of hydrogen-bond donors (Lipinski definition) is 0. The van der Waals surface area contributed by atoms with Crippen molar-refractivity contribution in [3.8, 4) is 0 Å². The third-order valence-corrected chi connectivity index (χ3v) is 3.96. The van der Waals surface area contributed by atoms with Gasteiger partial charge in [0.05, 0.1) is 18.4 Å². The van der Waals surface area contributed by atoms with Gasteiger partial charge in [-0.25, -0.2) is 4.79 Å².